The molecule has 0 N–H and O–H groups in total. The molecule has 0 saturated heterocycles. The molecule has 2 heterocycles. The van der Waals surface area contributed by atoms with E-state index in [1.807, 2.05) is 6.07 Å². The predicted octanol–water partition coefficient (Wildman–Crippen LogP) is 2.70. The van der Waals surface area contributed by atoms with Gasteiger partial charge < -0.3 is 4.42 Å². The Hall–Kier alpha value is -1.35. The molecule has 0 saturated carbocycles. The van der Waals surface area contributed by atoms with E-state index in [9.17, 15) is 0 Å². The summed E-state index contributed by atoms with van der Waals surface area (Å²) in [7, 11) is 0. The number of rotatable bonds is 1. The summed E-state index contributed by atoms with van der Waals surface area (Å²) in [5.41, 5.74) is 0.711. The molecule has 0 radical (unpaired) electrons. The van der Waals surface area contributed by atoms with Gasteiger partial charge in [-0.25, -0.2) is 9.97 Å². The van der Waals surface area contributed by atoms with E-state index in [4.69, 9.17) is 16.0 Å². The number of hydrogen-bond acceptors (Lipinski definition) is 3. The fourth-order valence-electron chi connectivity index (χ4n) is 1.08. The van der Waals surface area contributed by atoms with E-state index in [1.54, 1.807) is 25.3 Å². The lowest BCUT2D eigenvalue weighted by Crippen LogP contribution is -1.90. The molecule has 13 heavy (non-hydrogen) atoms. The minimum absolute atomic E-state index is 0.430. The molecule has 0 aromatic carbocycles. The first-order chi connectivity index (χ1) is 6.25. The number of halogens is 1. The van der Waals surface area contributed by atoms with Gasteiger partial charge in [0.05, 0.1) is 6.26 Å². The highest BCUT2D eigenvalue weighted by atomic mass is 35.5. The predicted molar refractivity (Wildman–Crippen MR) is 49.5 cm³/mol. The fraction of sp³-hybridized carbons (Fsp3) is 0.111. The molecule has 0 aliphatic heterocycles. The summed E-state index contributed by atoms with van der Waals surface area (Å²) in [6.07, 6.45) is 1.60. The highest BCUT2D eigenvalue weighted by Crippen LogP contribution is 2.19. The molecule has 0 aliphatic rings. The zero-order valence-corrected chi connectivity index (χ0v) is 7.75. The Morgan fingerprint density at radius 3 is 2.85 bits per heavy atom. The van der Waals surface area contributed by atoms with Crippen LogP contribution in [0.2, 0.25) is 5.15 Å². The molecule has 0 spiro atoms. The van der Waals surface area contributed by atoms with Gasteiger partial charge in [0, 0.05) is 6.07 Å². The van der Waals surface area contributed by atoms with Gasteiger partial charge in [-0.15, -0.1) is 0 Å². The maximum atomic E-state index is 5.77. The third-order valence-corrected chi connectivity index (χ3v) is 1.77. The molecule has 2 aromatic heterocycles. The number of nitrogens with zero attached hydrogens (tertiary/aromatic N) is 2. The molecule has 0 bridgehead atoms. The lowest BCUT2D eigenvalue weighted by Gasteiger charge is -1.97. The van der Waals surface area contributed by atoms with Crippen LogP contribution in [0.3, 0.4) is 0 Å². The maximum Gasteiger partial charge on any atom is 0.152 e. The Balaban J connectivity index is 2.53. The largest absolute Gasteiger partial charge is 0.463 e. The second-order valence-corrected chi connectivity index (χ2v) is 2.99. The van der Waals surface area contributed by atoms with Gasteiger partial charge in [-0.05, 0) is 19.1 Å². The first kappa shape index (κ1) is 8.26. The van der Waals surface area contributed by atoms with E-state index in [0.717, 1.165) is 0 Å². The lowest BCUT2D eigenvalue weighted by atomic mass is 10.3. The van der Waals surface area contributed by atoms with Gasteiger partial charge in [0.15, 0.2) is 5.76 Å². The number of aromatic nitrogens is 2. The van der Waals surface area contributed by atoms with Gasteiger partial charge in [-0.1, -0.05) is 11.6 Å². The highest BCUT2D eigenvalue weighted by Gasteiger charge is 2.04. The van der Waals surface area contributed by atoms with Crippen LogP contribution in [-0.4, -0.2) is 9.97 Å². The second-order valence-electron chi connectivity index (χ2n) is 2.60. The van der Waals surface area contributed by atoms with Crippen LogP contribution in [0, 0.1) is 6.92 Å². The SMILES string of the molecule is Cc1nc(Cl)cc(-c2ccco2)n1. The van der Waals surface area contributed by atoms with Crippen LogP contribution in [0.15, 0.2) is 28.9 Å². The van der Waals surface area contributed by atoms with E-state index in [0.29, 0.717) is 22.4 Å². The number of aryl methyl sites for hydroxylation is 1. The van der Waals surface area contributed by atoms with Crippen LogP contribution in [0.4, 0.5) is 0 Å². The summed E-state index contributed by atoms with van der Waals surface area (Å²) < 4.78 is 5.18. The molecule has 2 rings (SSSR count). The number of hydrogen-bond donors (Lipinski definition) is 0. The highest BCUT2D eigenvalue weighted by molar-refractivity contribution is 6.29. The van der Waals surface area contributed by atoms with Crippen LogP contribution < -0.4 is 0 Å². The Morgan fingerprint density at radius 1 is 1.38 bits per heavy atom. The van der Waals surface area contributed by atoms with Crippen LogP contribution in [0.1, 0.15) is 5.82 Å². The van der Waals surface area contributed by atoms with Crippen LogP contribution in [0.5, 0.6) is 0 Å². The maximum absolute atomic E-state index is 5.77. The first-order valence-electron chi connectivity index (χ1n) is 3.81. The lowest BCUT2D eigenvalue weighted by molar-refractivity contribution is 0.579. The molecule has 4 heteroatoms. The summed E-state index contributed by atoms with van der Waals surface area (Å²) in [6, 6.07) is 5.31. The Kier molecular flexibility index (Phi) is 2.02. The Morgan fingerprint density at radius 2 is 2.23 bits per heavy atom. The van der Waals surface area contributed by atoms with E-state index < -0.39 is 0 Å². The van der Waals surface area contributed by atoms with Crippen molar-refractivity contribution in [2.75, 3.05) is 0 Å². The summed E-state index contributed by atoms with van der Waals surface area (Å²) >= 11 is 5.77. The molecule has 0 unspecified atom stereocenters. The average Bonchev–Trinajstić information content (AvgIpc) is 2.53. The average molecular weight is 195 g/mol. The standard InChI is InChI=1S/C9H7ClN2O/c1-6-11-7(5-9(10)12-6)8-3-2-4-13-8/h2-5H,1H3. The first-order valence-corrected chi connectivity index (χ1v) is 4.18. The van der Waals surface area contributed by atoms with Gasteiger partial charge in [0.25, 0.3) is 0 Å². The summed E-state index contributed by atoms with van der Waals surface area (Å²) in [5, 5.41) is 0.430. The van der Waals surface area contributed by atoms with Crippen LogP contribution >= 0.6 is 11.6 Å². The van der Waals surface area contributed by atoms with Gasteiger partial charge in [0.2, 0.25) is 0 Å². The molecule has 0 amide bonds. The molecule has 2 aromatic rings. The molecule has 0 fully saturated rings. The van der Waals surface area contributed by atoms with Gasteiger partial charge in [-0.3, -0.25) is 0 Å². The quantitative estimate of drug-likeness (QED) is 0.656. The minimum atomic E-state index is 0.430. The molecule has 3 nitrogen and oxygen atoms in total. The van der Waals surface area contributed by atoms with E-state index >= 15 is 0 Å². The van der Waals surface area contributed by atoms with Crippen LogP contribution in [-0.2, 0) is 0 Å². The van der Waals surface area contributed by atoms with Crippen molar-refractivity contribution in [2.24, 2.45) is 0 Å². The van der Waals surface area contributed by atoms with Crippen molar-refractivity contribution in [1.29, 1.82) is 0 Å². The molecule has 66 valence electrons. The van der Waals surface area contributed by atoms with Gasteiger partial charge >= 0.3 is 0 Å². The van der Waals surface area contributed by atoms with Gasteiger partial charge in [0.1, 0.15) is 16.7 Å². The van der Waals surface area contributed by atoms with Crippen molar-refractivity contribution >= 4 is 11.6 Å². The van der Waals surface area contributed by atoms with E-state index in [-0.39, 0.29) is 0 Å². The normalized spacial score (nSPS) is 10.3. The summed E-state index contributed by atoms with van der Waals surface area (Å²) in [6.45, 7) is 1.79. The van der Waals surface area contributed by atoms with E-state index in [2.05, 4.69) is 9.97 Å². The van der Waals surface area contributed by atoms with Crippen molar-refractivity contribution < 1.29 is 4.42 Å². The minimum Gasteiger partial charge on any atom is -0.463 e. The Bertz CT molecular complexity index is 391. The monoisotopic (exact) mass is 194 g/mol. The smallest absolute Gasteiger partial charge is 0.152 e. The fourth-order valence-corrected chi connectivity index (χ4v) is 1.31. The van der Waals surface area contributed by atoms with E-state index in [1.165, 1.54) is 0 Å². The second kappa shape index (κ2) is 3.18. The van der Waals surface area contributed by atoms with Crippen LogP contribution in [0.25, 0.3) is 11.5 Å². The Labute approximate surface area is 80.4 Å². The topological polar surface area (TPSA) is 38.9 Å². The molecular formula is C9H7ClN2O. The molecule has 0 atom stereocenters. The van der Waals surface area contributed by atoms with Crippen molar-refractivity contribution in [3.8, 4) is 11.5 Å². The molecular weight excluding hydrogens is 188 g/mol. The zero-order chi connectivity index (χ0) is 9.26. The summed E-state index contributed by atoms with van der Waals surface area (Å²) in [5.74, 6) is 1.34. The van der Waals surface area contributed by atoms with Gasteiger partial charge in [-0.2, -0.15) is 0 Å². The van der Waals surface area contributed by atoms with Crippen molar-refractivity contribution in [3.05, 3.63) is 35.4 Å². The number of furan rings is 1. The third kappa shape index (κ3) is 1.70. The van der Waals surface area contributed by atoms with Crippen molar-refractivity contribution in [2.45, 2.75) is 6.92 Å². The van der Waals surface area contributed by atoms with Crippen molar-refractivity contribution in [1.82, 2.24) is 9.97 Å². The molecule has 0 aliphatic carbocycles. The van der Waals surface area contributed by atoms with Crippen molar-refractivity contribution in [3.63, 3.8) is 0 Å². The third-order valence-electron chi connectivity index (χ3n) is 1.58. The zero-order valence-electron chi connectivity index (χ0n) is 6.99. The summed E-state index contributed by atoms with van der Waals surface area (Å²) in [4.78, 5) is 8.14.